The molecule has 2 aromatic rings. The number of ether oxygens (including phenoxy) is 1. The highest BCUT2D eigenvalue weighted by molar-refractivity contribution is 5.84. The molecule has 1 aromatic heterocycles. The minimum absolute atomic E-state index is 0.123. The number of alkyl halides is 3. The summed E-state index contributed by atoms with van der Waals surface area (Å²) in [6, 6.07) is 4.81. The summed E-state index contributed by atoms with van der Waals surface area (Å²) in [5, 5.41) is 5.05. The number of halogens is 3. The molecule has 7 heteroatoms. The van der Waals surface area contributed by atoms with Gasteiger partial charge in [-0.1, -0.05) is 12.1 Å². The van der Waals surface area contributed by atoms with Crippen LogP contribution < -0.4 is 4.74 Å². The molecule has 4 nitrogen and oxygen atoms in total. The number of nitrogens with zero attached hydrogens (tertiary/aromatic N) is 3. The van der Waals surface area contributed by atoms with Gasteiger partial charge in [0.1, 0.15) is 5.52 Å². The molecule has 3 aliphatic heterocycles. The number of hydrogen-bond donors (Lipinski definition) is 0. The second-order valence-corrected chi connectivity index (χ2v) is 6.04. The van der Waals surface area contributed by atoms with Crippen LogP contribution >= 0.6 is 0 Å². The van der Waals surface area contributed by atoms with E-state index >= 15 is 0 Å². The molecule has 4 heterocycles. The van der Waals surface area contributed by atoms with Gasteiger partial charge in [-0.25, -0.2) is 0 Å². The summed E-state index contributed by atoms with van der Waals surface area (Å²) in [4.78, 5) is 2.35. The molecule has 2 bridgehead atoms. The third-order valence-corrected chi connectivity index (χ3v) is 4.74. The first kappa shape index (κ1) is 13.9. The highest BCUT2D eigenvalue weighted by atomic mass is 19.4. The Labute approximate surface area is 125 Å². The molecular weight excluding hydrogens is 295 g/mol. The highest BCUT2D eigenvalue weighted by Crippen LogP contribution is 2.39. The zero-order chi connectivity index (χ0) is 15.3. The molecule has 3 aliphatic rings. The van der Waals surface area contributed by atoms with Crippen LogP contribution in [0.5, 0.6) is 5.75 Å². The van der Waals surface area contributed by atoms with Crippen LogP contribution in [0.15, 0.2) is 24.4 Å². The summed E-state index contributed by atoms with van der Waals surface area (Å²) in [7, 11) is 0. The van der Waals surface area contributed by atoms with Gasteiger partial charge in [-0.2, -0.15) is 5.10 Å². The van der Waals surface area contributed by atoms with E-state index in [4.69, 9.17) is 0 Å². The normalized spacial score (nSPS) is 28.2. The van der Waals surface area contributed by atoms with E-state index in [-0.39, 0.29) is 11.8 Å². The van der Waals surface area contributed by atoms with E-state index in [1.54, 1.807) is 23.0 Å². The van der Waals surface area contributed by atoms with Gasteiger partial charge >= 0.3 is 6.36 Å². The van der Waals surface area contributed by atoms with Gasteiger partial charge in [-0.05, 0) is 37.9 Å². The Bertz CT molecular complexity index is 689. The van der Waals surface area contributed by atoms with Crippen molar-refractivity contribution in [1.82, 2.24) is 14.7 Å². The van der Waals surface area contributed by atoms with Gasteiger partial charge in [0.05, 0.1) is 12.2 Å². The molecule has 0 aliphatic carbocycles. The Morgan fingerprint density at radius 1 is 1.18 bits per heavy atom. The first-order chi connectivity index (χ1) is 10.5. The maximum Gasteiger partial charge on any atom is 0.573 e. The lowest BCUT2D eigenvalue weighted by Gasteiger charge is -2.44. The molecule has 1 aromatic carbocycles. The van der Waals surface area contributed by atoms with Gasteiger partial charge in [0, 0.05) is 11.9 Å². The van der Waals surface area contributed by atoms with Crippen LogP contribution in [-0.4, -0.2) is 40.7 Å². The van der Waals surface area contributed by atoms with Crippen LogP contribution in [0.25, 0.3) is 10.9 Å². The number of piperidine rings is 3. The molecule has 0 radical (unpaired) electrons. The Morgan fingerprint density at radius 2 is 1.95 bits per heavy atom. The molecule has 118 valence electrons. The Balaban J connectivity index is 1.78. The van der Waals surface area contributed by atoms with Gasteiger partial charge in [0.2, 0.25) is 0 Å². The number of aromatic nitrogens is 2. The summed E-state index contributed by atoms with van der Waals surface area (Å²) in [6.07, 6.45) is -0.919. The van der Waals surface area contributed by atoms with Crippen LogP contribution in [0.3, 0.4) is 0 Å². The van der Waals surface area contributed by atoms with E-state index in [1.165, 1.54) is 6.07 Å². The summed E-state index contributed by atoms with van der Waals surface area (Å²) in [5.74, 6) is 0.311. The van der Waals surface area contributed by atoms with Gasteiger partial charge in [0.15, 0.2) is 5.75 Å². The first-order valence-corrected chi connectivity index (χ1v) is 7.45. The standard InChI is InChI=1S/C15H16F3N3O/c16-15(17,18)22-13-3-1-2-11-8-19-21(14(11)13)12-9-20-6-4-10(12)5-7-20/h1-3,8,10,12H,4-7,9H2/t12-/m1/s1. The quantitative estimate of drug-likeness (QED) is 0.853. The van der Waals surface area contributed by atoms with Crippen LogP contribution in [-0.2, 0) is 0 Å². The van der Waals surface area contributed by atoms with E-state index in [0.717, 1.165) is 32.5 Å². The molecule has 0 spiro atoms. The van der Waals surface area contributed by atoms with Gasteiger partial charge in [-0.15, -0.1) is 13.2 Å². The fraction of sp³-hybridized carbons (Fsp3) is 0.533. The maximum absolute atomic E-state index is 12.6. The van der Waals surface area contributed by atoms with Crippen molar-refractivity contribution in [2.24, 2.45) is 5.92 Å². The smallest absolute Gasteiger partial charge is 0.403 e. The van der Waals surface area contributed by atoms with Gasteiger partial charge in [0.25, 0.3) is 0 Å². The van der Waals surface area contributed by atoms with Crippen molar-refractivity contribution in [3.8, 4) is 5.75 Å². The Hall–Kier alpha value is -1.76. The van der Waals surface area contributed by atoms with E-state index in [0.29, 0.717) is 16.8 Å². The average Bonchev–Trinajstić information content (AvgIpc) is 2.92. The van der Waals surface area contributed by atoms with Crippen molar-refractivity contribution >= 4 is 10.9 Å². The lowest BCUT2D eigenvalue weighted by atomic mass is 9.84. The maximum atomic E-state index is 12.6. The van der Waals surface area contributed by atoms with Gasteiger partial charge in [-0.3, -0.25) is 4.68 Å². The summed E-state index contributed by atoms with van der Waals surface area (Å²) in [5.41, 5.74) is 0.443. The number of hydrogen-bond acceptors (Lipinski definition) is 3. The van der Waals surface area contributed by atoms with Crippen LogP contribution in [0.1, 0.15) is 18.9 Å². The molecule has 22 heavy (non-hydrogen) atoms. The predicted molar refractivity (Wildman–Crippen MR) is 74.6 cm³/mol. The van der Waals surface area contributed by atoms with E-state index in [1.807, 2.05) is 0 Å². The number of benzene rings is 1. The topological polar surface area (TPSA) is 30.3 Å². The number of fused-ring (bicyclic) bond motifs is 4. The summed E-state index contributed by atoms with van der Waals surface area (Å²) in [6.45, 7) is 3.00. The number of rotatable bonds is 2. The summed E-state index contributed by atoms with van der Waals surface area (Å²) >= 11 is 0. The minimum Gasteiger partial charge on any atom is -0.403 e. The molecule has 3 saturated heterocycles. The molecule has 3 fully saturated rings. The molecule has 1 atom stereocenters. The van der Waals surface area contributed by atoms with Crippen LogP contribution in [0.2, 0.25) is 0 Å². The Kier molecular flexibility index (Phi) is 3.07. The molecule has 0 saturated carbocycles. The lowest BCUT2D eigenvalue weighted by molar-refractivity contribution is -0.274. The van der Waals surface area contributed by atoms with Crippen molar-refractivity contribution < 1.29 is 17.9 Å². The SMILES string of the molecule is FC(F)(F)Oc1cccc2cnn([C@@H]3CN4CCC3CC4)c12. The minimum atomic E-state index is -4.70. The fourth-order valence-electron chi connectivity index (χ4n) is 3.74. The lowest BCUT2D eigenvalue weighted by Crippen LogP contribution is -2.48. The molecule has 0 amide bonds. The van der Waals surface area contributed by atoms with Crippen molar-refractivity contribution in [3.63, 3.8) is 0 Å². The van der Waals surface area contributed by atoms with E-state index < -0.39 is 6.36 Å². The monoisotopic (exact) mass is 311 g/mol. The van der Waals surface area contributed by atoms with E-state index in [2.05, 4.69) is 14.7 Å². The van der Waals surface area contributed by atoms with Crippen molar-refractivity contribution in [2.45, 2.75) is 25.2 Å². The molecular formula is C15H16F3N3O. The van der Waals surface area contributed by atoms with Crippen molar-refractivity contribution in [1.29, 1.82) is 0 Å². The largest absolute Gasteiger partial charge is 0.573 e. The highest BCUT2D eigenvalue weighted by Gasteiger charge is 2.37. The van der Waals surface area contributed by atoms with Gasteiger partial charge < -0.3 is 9.64 Å². The van der Waals surface area contributed by atoms with Crippen molar-refractivity contribution in [2.75, 3.05) is 19.6 Å². The second kappa shape index (κ2) is 4.87. The second-order valence-electron chi connectivity index (χ2n) is 6.04. The fourth-order valence-corrected chi connectivity index (χ4v) is 3.74. The third-order valence-electron chi connectivity index (χ3n) is 4.74. The zero-order valence-corrected chi connectivity index (χ0v) is 11.9. The average molecular weight is 311 g/mol. The molecule has 0 unspecified atom stereocenters. The van der Waals surface area contributed by atoms with Crippen LogP contribution in [0.4, 0.5) is 13.2 Å². The third kappa shape index (κ3) is 2.33. The van der Waals surface area contributed by atoms with Crippen molar-refractivity contribution in [3.05, 3.63) is 24.4 Å². The predicted octanol–water partition coefficient (Wildman–Crippen LogP) is 3.20. The zero-order valence-electron chi connectivity index (χ0n) is 11.9. The number of para-hydroxylation sites is 1. The molecule has 0 N–H and O–H groups in total. The summed E-state index contributed by atoms with van der Waals surface area (Å²) < 4.78 is 43.9. The molecule has 5 rings (SSSR count). The Morgan fingerprint density at radius 3 is 2.59 bits per heavy atom. The van der Waals surface area contributed by atoms with E-state index in [9.17, 15) is 13.2 Å². The first-order valence-electron chi connectivity index (χ1n) is 7.45. The van der Waals surface area contributed by atoms with Crippen LogP contribution in [0, 0.1) is 5.92 Å².